The number of rotatable bonds is 6. The largest absolute Gasteiger partial charge is 0.472 e. The van der Waals surface area contributed by atoms with Crippen LogP contribution in [0.15, 0.2) is 23.8 Å². The third kappa shape index (κ3) is 7.49. The fourth-order valence-electron chi connectivity index (χ4n) is 8.04. The zero-order valence-electron chi connectivity index (χ0n) is 34.7. The Bertz CT molecular complexity index is 2420. The van der Waals surface area contributed by atoms with E-state index in [9.17, 15) is 18.8 Å². The van der Waals surface area contributed by atoms with Gasteiger partial charge in [-0.05, 0) is 48.6 Å². The molecule has 20 nitrogen and oxygen atoms in total. The smallest absolute Gasteiger partial charge is 0.410 e. The van der Waals surface area contributed by atoms with Gasteiger partial charge in [0.15, 0.2) is 39.3 Å². The number of hydrogen-bond acceptors (Lipinski definition) is 17. The standard InChI is InChI=1S/C34H54N10O10P2SSi2/c1-32(2,3)58(7,8)53-22-18-12-49-55(46)51-25-23(54-59(9,10)33(4,5)6)21(43-15-39-19-26(35)37-14-38-27(19)43)17-11-34(17,25)13-50-56(47,48)52-24(22)30(57-18)44-16-40-20-28(44)41-31(36)42-29(20)45/h14-18,21-25,30,55H,11-13H2,1-10H3,(H,47,48)(H2,35,37,38)(H3,36,41,42,45)/t17-,18-,21-,22?,23?,24-,25+,30-,34?/m1/s1. The van der Waals surface area contributed by atoms with Gasteiger partial charge in [-0.25, -0.2) is 24.5 Å². The molecule has 4 aromatic rings. The molecule has 0 aromatic carbocycles. The van der Waals surface area contributed by atoms with Crippen molar-refractivity contribution < 1.29 is 41.0 Å². The van der Waals surface area contributed by atoms with Crippen molar-refractivity contribution >= 4 is 78.6 Å². The number of nitrogens with two attached hydrogens (primary N) is 2. The molecule has 2 aliphatic carbocycles. The van der Waals surface area contributed by atoms with Crippen molar-refractivity contribution in [3.63, 3.8) is 0 Å². The summed E-state index contributed by atoms with van der Waals surface area (Å²) >= 11 is 1.29. The number of hydrogen-bond donors (Lipinski definition) is 4. The molecule has 324 valence electrons. The number of thioether (sulfide) groups is 1. The van der Waals surface area contributed by atoms with Gasteiger partial charge in [-0.3, -0.25) is 28.0 Å². The fourth-order valence-corrected chi connectivity index (χ4v) is 14.5. The average molecular weight is 913 g/mol. The minimum absolute atomic E-state index is 0.0198. The highest BCUT2D eigenvalue weighted by Crippen LogP contribution is 2.72. The second kappa shape index (κ2) is 14.5. The lowest BCUT2D eigenvalue weighted by molar-refractivity contribution is -0.0156. The predicted octanol–water partition coefficient (Wildman–Crippen LogP) is 5.39. The first kappa shape index (κ1) is 43.1. The minimum Gasteiger partial charge on any atom is -0.410 e. The maximum Gasteiger partial charge on any atom is 0.472 e. The lowest BCUT2D eigenvalue weighted by Crippen LogP contribution is -2.50. The zero-order chi connectivity index (χ0) is 42.8. The zero-order valence-corrected chi connectivity index (χ0v) is 39.4. The number of nitrogens with one attached hydrogen (secondary N) is 1. The summed E-state index contributed by atoms with van der Waals surface area (Å²) in [5.74, 6) is -0.169. The summed E-state index contributed by atoms with van der Waals surface area (Å²) in [5, 5.41) is -1.95. The van der Waals surface area contributed by atoms with E-state index in [1.54, 1.807) is 10.9 Å². The first-order valence-electron chi connectivity index (χ1n) is 19.5. The Labute approximate surface area is 348 Å². The second-order valence-corrected chi connectivity index (χ2v) is 32.4. The maximum absolute atomic E-state index is 14.5. The molecule has 0 radical (unpaired) electrons. The third-order valence-electron chi connectivity index (χ3n) is 13.3. The molecular weight excluding hydrogens is 859 g/mol. The summed E-state index contributed by atoms with van der Waals surface area (Å²) in [5.41, 5.74) is 11.7. The van der Waals surface area contributed by atoms with Crippen LogP contribution in [-0.4, -0.2) is 103 Å². The number of anilines is 2. The molecule has 2 bridgehead atoms. The molecule has 4 fully saturated rings. The van der Waals surface area contributed by atoms with Crippen LogP contribution in [0, 0.1) is 11.3 Å². The van der Waals surface area contributed by atoms with Gasteiger partial charge in [0.2, 0.25) is 5.95 Å². The molecule has 2 saturated heterocycles. The molecule has 1 spiro atoms. The summed E-state index contributed by atoms with van der Waals surface area (Å²) in [7, 11) is -13.4. The number of nitrogens with zero attached hydrogens (tertiary/aromatic N) is 7. The highest BCUT2D eigenvalue weighted by molar-refractivity contribution is 8.00. The van der Waals surface area contributed by atoms with Crippen molar-refractivity contribution in [2.24, 2.45) is 11.3 Å². The fraction of sp³-hybridized carbons (Fsp3) is 0.706. The van der Waals surface area contributed by atoms with Crippen LogP contribution >= 0.6 is 27.8 Å². The van der Waals surface area contributed by atoms with Gasteiger partial charge < -0.3 is 38.8 Å². The van der Waals surface area contributed by atoms with Gasteiger partial charge in [0, 0.05) is 5.41 Å². The Kier molecular flexibility index (Phi) is 10.6. The second-order valence-electron chi connectivity index (χ2n) is 19.1. The average Bonchev–Trinajstić information content (AvgIpc) is 3.39. The molecule has 2 saturated carbocycles. The van der Waals surface area contributed by atoms with E-state index in [0.717, 1.165) is 0 Å². The van der Waals surface area contributed by atoms with Crippen LogP contribution in [0.25, 0.3) is 22.3 Å². The maximum atomic E-state index is 14.5. The van der Waals surface area contributed by atoms with Crippen molar-refractivity contribution in [1.82, 2.24) is 39.0 Å². The van der Waals surface area contributed by atoms with Gasteiger partial charge >= 0.3 is 16.1 Å². The van der Waals surface area contributed by atoms with Gasteiger partial charge in [0.05, 0.1) is 49.4 Å². The lowest BCUT2D eigenvalue weighted by Gasteiger charge is -2.42. The number of fused-ring (bicyclic) bond motifs is 4. The number of aromatic nitrogens is 8. The molecule has 8 rings (SSSR count). The Morgan fingerprint density at radius 3 is 2.31 bits per heavy atom. The number of H-pyrrole nitrogens is 1. The molecule has 6 N–H and O–H groups in total. The topological polar surface area (TPSA) is 269 Å². The minimum atomic E-state index is -4.93. The third-order valence-corrected chi connectivity index (χ3v) is 25.6. The van der Waals surface area contributed by atoms with Crippen LogP contribution in [0.2, 0.25) is 36.3 Å². The van der Waals surface area contributed by atoms with E-state index >= 15 is 0 Å². The first-order chi connectivity index (χ1) is 27.3. The number of aromatic amines is 1. The van der Waals surface area contributed by atoms with Gasteiger partial charge in [-0.2, -0.15) is 4.98 Å². The Morgan fingerprint density at radius 1 is 0.983 bits per heavy atom. The van der Waals surface area contributed by atoms with Crippen LogP contribution in [0.3, 0.4) is 0 Å². The Morgan fingerprint density at radius 2 is 1.63 bits per heavy atom. The highest BCUT2D eigenvalue weighted by Gasteiger charge is 2.74. The van der Waals surface area contributed by atoms with Gasteiger partial charge in [-0.15, -0.1) is 11.8 Å². The van der Waals surface area contributed by atoms with E-state index in [2.05, 4.69) is 97.6 Å². The van der Waals surface area contributed by atoms with Crippen LogP contribution in [0.4, 0.5) is 11.8 Å². The van der Waals surface area contributed by atoms with Crippen LogP contribution < -0.4 is 17.0 Å². The van der Waals surface area contributed by atoms with Crippen LogP contribution in [-0.2, 0) is 36.1 Å². The van der Waals surface area contributed by atoms with Crippen LogP contribution in [0.5, 0.6) is 0 Å². The molecule has 11 atom stereocenters. The van der Waals surface area contributed by atoms with Crippen molar-refractivity contribution in [3.8, 4) is 0 Å². The van der Waals surface area contributed by atoms with Crippen LogP contribution in [0.1, 0.15) is 59.4 Å². The van der Waals surface area contributed by atoms with Crippen molar-refractivity contribution in [1.29, 1.82) is 0 Å². The molecule has 0 amide bonds. The van der Waals surface area contributed by atoms with Gasteiger partial charge in [0.1, 0.15) is 29.4 Å². The summed E-state index contributed by atoms with van der Waals surface area (Å²) < 4.78 is 71.4. The van der Waals surface area contributed by atoms with Crippen molar-refractivity contribution in [3.05, 3.63) is 29.3 Å². The summed E-state index contributed by atoms with van der Waals surface area (Å²) in [6.45, 7) is 20.5. The summed E-state index contributed by atoms with van der Waals surface area (Å²) in [4.78, 5) is 48.9. The molecule has 4 aliphatic rings. The summed E-state index contributed by atoms with van der Waals surface area (Å²) in [6.07, 6.45) is 1.24. The van der Waals surface area contributed by atoms with E-state index in [1.807, 2.05) is 4.57 Å². The molecule has 6 heterocycles. The summed E-state index contributed by atoms with van der Waals surface area (Å²) in [6, 6.07) is -0.463. The number of nitrogen functional groups attached to an aromatic ring is 2. The normalized spacial score (nSPS) is 34.6. The number of phosphoric ester groups is 1. The molecule has 2 aliphatic heterocycles. The van der Waals surface area contributed by atoms with Crippen molar-refractivity contribution in [2.45, 2.75) is 125 Å². The van der Waals surface area contributed by atoms with E-state index in [1.165, 1.54) is 24.4 Å². The molecule has 59 heavy (non-hydrogen) atoms. The quantitative estimate of drug-likeness (QED) is 0.140. The van der Waals surface area contributed by atoms with Gasteiger partial charge in [0.25, 0.3) is 5.56 Å². The molecule has 4 aromatic heterocycles. The number of imidazole rings is 2. The molecule has 5 unspecified atom stereocenters. The predicted molar refractivity (Wildman–Crippen MR) is 227 cm³/mol. The van der Waals surface area contributed by atoms with Crippen molar-refractivity contribution in [2.75, 3.05) is 24.7 Å². The number of phosphoric acid groups is 1. The lowest BCUT2D eigenvalue weighted by atomic mass is 10.0. The monoisotopic (exact) mass is 912 g/mol. The van der Waals surface area contributed by atoms with E-state index in [-0.39, 0.29) is 52.1 Å². The Hall–Kier alpha value is -2.54. The Balaban J connectivity index is 1.20. The van der Waals surface area contributed by atoms with E-state index in [0.29, 0.717) is 17.6 Å². The van der Waals surface area contributed by atoms with E-state index in [4.69, 9.17) is 38.4 Å². The SMILES string of the molecule is CC(C)(C)[Si](C)(C)OC1[C@H]2OP(=O)(O)OCC34C[C@@H]3[C@@H](n3cnc5c(N)ncnc53)C(O[Si](C)(C)C(C)(C)C)[C@@H]4O[PH](=O)OC[C@H]1S[C@H]2n1cnc2c(=O)[nH]c(N)nc21. The molecular formula is C34H54N10O10P2SSi2. The first-order valence-corrected chi connectivity index (χ1v) is 29.0. The van der Waals surface area contributed by atoms with Gasteiger partial charge in [-0.1, -0.05) is 41.5 Å². The molecule has 25 heteroatoms. The highest BCUT2D eigenvalue weighted by atomic mass is 32.2. The van der Waals surface area contributed by atoms with E-state index < -0.39 is 84.8 Å².